The Morgan fingerprint density at radius 3 is 2.50 bits per heavy atom. The standard InChI is InChI=1S/C13H27N3/c1-15-8-5-9-16(13(10-14)11-15)12-6-3-2-4-7-12/h12-13H,2-11,14H2,1H3. The number of hydrogen-bond donors (Lipinski definition) is 1. The Morgan fingerprint density at radius 2 is 1.81 bits per heavy atom. The van der Waals surface area contributed by atoms with Crippen LogP contribution in [0, 0.1) is 0 Å². The van der Waals surface area contributed by atoms with Gasteiger partial charge in [0.05, 0.1) is 0 Å². The summed E-state index contributed by atoms with van der Waals surface area (Å²) in [6.45, 7) is 4.48. The van der Waals surface area contributed by atoms with E-state index in [1.54, 1.807) is 0 Å². The smallest absolute Gasteiger partial charge is 0.0348 e. The van der Waals surface area contributed by atoms with Crippen molar-refractivity contribution >= 4 is 0 Å². The molecule has 0 aromatic carbocycles. The summed E-state index contributed by atoms with van der Waals surface area (Å²) in [5.74, 6) is 0. The molecule has 0 aromatic heterocycles. The second kappa shape index (κ2) is 5.99. The molecule has 94 valence electrons. The average molecular weight is 225 g/mol. The summed E-state index contributed by atoms with van der Waals surface area (Å²) in [5, 5.41) is 0. The van der Waals surface area contributed by atoms with Crippen LogP contribution in [0.5, 0.6) is 0 Å². The van der Waals surface area contributed by atoms with Crippen molar-refractivity contribution in [3.8, 4) is 0 Å². The minimum atomic E-state index is 0.593. The average Bonchev–Trinajstić information content (AvgIpc) is 2.51. The molecule has 0 amide bonds. The third-order valence-corrected chi connectivity index (χ3v) is 4.26. The van der Waals surface area contributed by atoms with Crippen LogP contribution in [0.4, 0.5) is 0 Å². The zero-order chi connectivity index (χ0) is 11.4. The fourth-order valence-electron chi connectivity index (χ4n) is 3.37. The first kappa shape index (κ1) is 12.3. The van der Waals surface area contributed by atoms with Gasteiger partial charge in [0.15, 0.2) is 0 Å². The Labute approximate surface area is 100.0 Å². The Hall–Kier alpha value is -0.120. The van der Waals surface area contributed by atoms with E-state index < -0.39 is 0 Å². The molecule has 0 bridgehead atoms. The van der Waals surface area contributed by atoms with Gasteiger partial charge in [0.1, 0.15) is 0 Å². The molecule has 1 unspecified atom stereocenters. The highest BCUT2D eigenvalue weighted by Gasteiger charge is 2.29. The molecule has 16 heavy (non-hydrogen) atoms. The van der Waals surface area contributed by atoms with Gasteiger partial charge in [-0.3, -0.25) is 4.90 Å². The SMILES string of the molecule is CN1CCCN(C2CCCCC2)C(CN)C1. The van der Waals surface area contributed by atoms with E-state index in [0.29, 0.717) is 6.04 Å². The maximum atomic E-state index is 5.96. The Kier molecular flexibility index (Phi) is 4.62. The molecule has 2 N–H and O–H groups in total. The second-order valence-electron chi connectivity index (χ2n) is 5.53. The summed E-state index contributed by atoms with van der Waals surface area (Å²) in [7, 11) is 2.23. The lowest BCUT2D eigenvalue weighted by Crippen LogP contribution is -2.50. The van der Waals surface area contributed by atoms with Crippen molar-refractivity contribution in [2.75, 3.05) is 33.2 Å². The number of rotatable bonds is 2. The highest BCUT2D eigenvalue weighted by molar-refractivity contribution is 4.86. The van der Waals surface area contributed by atoms with Crippen LogP contribution in [0.2, 0.25) is 0 Å². The summed E-state index contributed by atoms with van der Waals surface area (Å²) in [5.41, 5.74) is 5.96. The maximum absolute atomic E-state index is 5.96. The molecule has 2 aliphatic rings. The van der Waals surface area contributed by atoms with E-state index in [-0.39, 0.29) is 0 Å². The largest absolute Gasteiger partial charge is 0.329 e. The van der Waals surface area contributed by atoms with Gasteiger partial charge in [-0.25, -0.2) is 0 Å². The van der Waals surface area contributed by atoms with Gasteiger partial charge in [-0.15, -0.1) is 0 Å². The van der Waals surface area contributed by atoms with Crippen molar-refractivity contribution < 1.29 is 0 Å². The molecule has 1 aliphatic carbocycles. The lowest BCUT2D eigenvalue weighted by atomic mass is 9.93. The third-order valence-electron chi connectivity index (χ3n) is 4.26. The van der Waals surface area contributed by atoms with Gasteiger partial charge in [-0.05, 0) is 32.9 Å². The van der Waals surface area contributed by atoms with Crippen LogP contribution in [-0.2, 0) is 0 Å². The van der Waals surface area contributed by atoms with Gasteiger partial charge in [-0.1, -0.05) is 19.3 Å². The number of likely N-dealkylation sites (N-methyl/N-ethyl adjacent to an activating group) is 1. The van der Waals surface area contributed by atoms with Crippen LogP contribution in [0.1, 0.15) is 38.5 Å². The summed E-state index contributed by atoms with van der Waals surface area (Å²) in [4.78, 5) is 5.17. The van der Waals surface area contributed by atoms with Crippen LogP contribution < -0.4 is 5.73 Å². The molecule has 1 atom stereocenters. The van der Waals surface area contributed by atoms with Crippen molar-refractivity contribution in [3.63, 3.8) is 0 Å². The first-order valence-electron chi connectivity index (χ1n) is 6.95. The highest BCUT2D eigenvalue weighted by atomic mass is 15.3. The Balaban J connectivity index is 1.98. The maximum Gasteiger partial charge on any atom is 0.0348 e. The predicted octanol–water partition coefficient (Wildman–Crippen LogP) is 1.28. The summed E-state index contributed by atoms with van der Waals surface area (Å²) in [6, 6.07) is 1.42. The number of nitrogens with two attached hydrogens (primary N) is 1. The van der Waals surface area contributed by atoms with Gasteiger partial charge in [0.25, 0.3) is 0 Å². The Morgan fingerprint density at radius 1 is 1.06 bits per heavy atom. The van der Waals surface area contributed by atoms with Crippen LogP contribution >= 0.6 is 0 Å². The first-order valence-corrected chi connectivity index (χ1v) is 6.95. The van der Waals surface area contributed by atoms with Crippen LogP contribution in [0.3, 0.4) is 0 Å². The summed E-state index contributed by atoms with van der Waals surface area (Å²) in [6.07, 6.45) is 8.41. The number of nitrogens with zero attached hydrogens (tertiary/aromatic N) is 2. The lowest BCUT2D eigenvalue weighted by Gasteiger charge is -2.38. The molecule has 1 heterocycles. The molecule has 2 fully saturated rings. The molecule has 3 heteroatoms. The summed E-state index contributed by atoms with van der Waals surface area (Å²) >= 11 is 0. The zero-order valence-corrected chi connectivity index (χ0v) is 10.7. The van der Waals surface area contributed by atoms with E-state index in [1.165, 1.54) is 51.6 Å². The lowest BCUT2D eigenvalue weighted by molar-refractivity contribution is 0.108. The zero-order valence-electron chi connectivity index (χ0n) is 10.7. The molecule has 1 saturated heterocycles. The molecule has 3 nitrogen and oxygen atoms in total. The van der Waals surface area contributed by atoms with Crippen LogP contribution in [0.15, 0.2) is 0 Å². The summed E-state index contributed by atoms with van der Waals surface area (Å²) < 4.78 is 0. The van der Waals surface area contributed by atoms with Crippen LogP contribution in [0.25, 0.3) is 0 Å². The molecule has 0 aromatic rings. The quantitative estimate of drug-likeness (QED) is 0.768. The minimum absolute atomic E-state index is 0.593. The van der Waals surface area contributed by atoms with Crippen molar-refractivity contribution in [3.05, 3.63) is 0 Å². The van der Waals surface area contributed by atoms with Gasteiger partial charge < -0.3 is 10.6 Å². The first-order chi connectivity index (χ1) is 7.81. The normalized spacial score (nSPS) is 31.5. The minimum Gasteiger partial charge on any atom is -0.329 e. The Bertz CT molecular complexity index is 201. The van der Waals surface area contributed by atoms with E-state index in [1.807, 2.05) is 0 Å². The van der Waals surface area contributed by atoms with E-state index in [4.69, 9.17) is 5.73 Å². The van der Waals surface area contributed by atoms with Crippen molar-refractivity contribution in [2.45, 2.75) is 50.6 Å². The molecule has 1 saturated carbocycles. The van der Waals surface area contributed by atoms with Gasteiger partial charge in [0.2, 0.25) is 0 Å². The molecular formula is C13H27N3. The molecule has 2 rings (SSSR count). The number of hydrogen-bond acceptors (Lipinski definition) is 3. The molecule has 0 radical (unpaired) electrons. The topological polar surface area (TPSA) is 32.5 Å². The second-order valence-corrected chi connectivity index (χ2v) is 5.53. The van der Waals surface area contributed by atoms with E-state index >= 15 is 0 Å². The van der Waals surface area contributed by atoms with E-state index in [0.717, 1.165) is 19.1 Å². The highest BCUT2D eigenvalue weighted by Crippen LogP contribution is 2.25. The fourth-order valence-corrected chi connectivity index (χ4v) is 3.37. The molecule has 0 spiro atoms. The van der Waals surface area contributed by atoms with Gasteiger partial charge in [-0.2, -0.15) is 0 Å². The van der Waals surface area contributed by atoms with E-state index in [2.05, 4.69) is 16.8 Å². The fraction of sp³-hybridized carbons (Fsp3) is 1.00. The predicted molar refractivity (Wildman–Crippen MR) is 68.5 cm³/mol. The van der Waals surface area contributed by atoms with Crippen molar-refractivity contribution in [2.24, 2.45) is 5.73 Å². The third kappa shape index (κ3) is 2.96. The molecule has 1 aliphatic heterocycles. The molecular weight excluding hydrogens is 198 g/mol. The van der Waals surface area contributed by atoms with Crippen LogP contribution in [-0.4, -0.2) is 55.1 Å². The van der Waals surface area contributed by atoms with Crippen molar-refractivity contribution in [1.29, 1.82) is 0 Å². The van der Waals surface area contributed by atoms with Crippen molar-refractivity contribution in [1.82, 2.24) is 9.80 Å². The van der Waals surface area contributed by atoms with Gasteiger partial charge >= 0.3 is 0 Å². The van der Waals surface area contributed by atoms with Gasteiger partial charge in [0, 0.05) is 31.7 Å². The monoisotopic (exact) mass is 225 g/mol. The van der Waals surface area contributed by atoms with E-state index in [9.17, 15) is 0 Å².